The van der Waals surface area contributed by atoms with Gasteiger partial charge in [0.2, 0.25) is 11.8 Å². The lowest BCUT2D eigenvalue weighted by atomic mass is 10.2. The van der Waals surface area contributed by atoms with E-state index < -0.39 is 0 Å². The predicted molar refractivity (Wildman–Crippen MR) is 92.5 cm³/mol. The smallest absolute Gasteiger partial charge is 0.243 e. The van der Waals surface area contributed by atoms with E-state index in [1.165, 1.54) is 0 Å². The minimum Gasteiger partial charge on any atom is -0.383 e. The average molecular weight is 395 g/mol. The second kappa shape index (κ2) is 11.4. The number of amides is 2. The van der Waals surface area contributed by atoms with Crippen LogP contribution >= 0.6 is 28.3 Å². The Bertz CT molecular complexity index is 500. The maximum Gasteiger partial charge on any atom is 0.243 e. The normalized spacial score (nSPS) is 9.77. The molecule has 0 heterocycles. The molecule has 0 spiro atoms. The zero-order valence-electron chi connectivity index (χ0n) is 12.6. The van der Waals surface area contributed by atoms with E-state index in [-0.39, 0.29) is 37.3 Å². The third-order valence-electron chi connectivity index (χ3n) is 2.68. The molecule has 0 saturated heterocycles. The van der Waals surface area contributed by atoms with E-state index in [1.807, 2.05) is 25.1 Å². The summed E-state index contributed by atoms with van der Waals surface area (Å²) in [5.41, 5.74) is 1.68. The van der Waals surface area contributed by atoms with Gasteiger partial charge in [0.25, 0.3) is 0 Å². The molecule has 0 radical (unpaired) electrons. The molecule has 8 heteroatoms. The highest BCUT2D eigenvalue weighted by molar-refractivity contribution is 9.10. The van der Waals surface area contributed by atoms with E-state index in [1.54, 1.807) is 7.11 Å². The second-order valence-corrected chi connectivity index (χ2v) is 5.37. The zero-order chi connectivity index (χ0) is 15.7. The predicted octanol–water partition coefficient (Wildman–Crippen LogP) is 1.47. The van der Waals surface area contributed by atoms with Gasteiger partial charge in [-0.1, -0.05) is 15.9 Å². The average Bonchev–Trinajstić information content (AvgIpc) is 2.44. The summed E-state index contributed by atoms with van der Waals surface area (Å²) >= 11 is 3.36. The van der Waals surface area contributed by atoms with Crippen LogP contribution in [-0.2, 0) is 14.3 Å². The molecule has 3 N–H and O–H groups in total. The number of carbonyl (C=O) groups excluding carboxylic acids is 2. The fourth-order valence-electron chi connectivity index (χ4n) is 1.58. The van der Waals surface area contributed by atoms with Crippen LogP contribution in [0.5, 0.6) is 0 Å². The quantitative estimate of drug-likeness (QED) is 0.583. The molecule has 22 heavy (non-hydrogen) atoms. The van der Waals surface area contributed by atoms with Gasteiger partial charge in [0.1, 0.15) is 0 Å². The highest BCUT2D eigenvalue weighted by Crippen LogP contribution is 2.19. The van der Waals surface area contributed by atoms with Gasteiger partial charge in [-0.25, -0.2) is 0 Å². The van der Waals surface area contributed by atoms with Crippen molar-refractivity contribution in [1.82, 2.24) is 10.6 Å². The fourth-order valence-corrected chi connectivity index (χ4v) is 2.05. The van der Waals surface area contributed by atoms with Crippen LogP contribution in [0.1, 0.15) is 5.56 Å². The number of benzene rings is 1. The van der Waals surface area contributed by atoms with Crippen molar-refractivity contribution in [2.75, 3.05) is 38.7 Å². The standard InChI is InChI=1S/C14H20BrN3O3.ClH/c1-10-7-11(15)3-4-12(10)18-14(20)9-17-13(19)8-16-5-6-21-2;/h3-4,7,16H,5-6,8-9H2,1-2H3,(H,17,19)(H,18,20);1H. The largest absolute Gasteiger partial charge is 0.383 e. The van der Waals surface area contributed by atoms with E-state index in [0.29, 0.717) is 13.2 Å². The van der Waals surface area contributed by atoms with Crippen molar-refractivity contribution in [3.8, 4) is 0 Å². The van der Waals surface area contributed by atoms with Gasteiger partial charge in [0, 0.05) is 23.8 Å². The van der Waals surface area contributed by atoms with Crippen LogP contribution in [0.15, 0.2) is 22.7 Å². The summed E-state index contributed by atoms with van der Waals surface area (Å²) < 4.78 is 5.80. The molecule has 0 aliphatic rings. The number of carbonyl (C=O) groups is 2. The van der Waals surface area contributed by atoms with Gasteiger partial charge in [-0.15, -0.1) is 12.4 Å². The maximum absolute atomic E-state index is 11.8. The third-order valence-corrected chi connectivity index (χ3v) is 3.17. The minimum atomic E-state index is -0.259. The van der Waals surface area contributed by atoms with Crippen molar-refractivity contribution in [3.05, 3.63) is 28.2 Å². The van der Waals surface area contributed by atoms with Crippen LogP contribution in [0.25, 0.3) is 0 Å². The van der Waals surface area contributed by atoms with Gasteiger partial charge in [0.15, 0.2) is 0 Å². The van der Waals surface area contributed by atoms with E-state index in [9.17, 15) is 9.59 Å². The molecule has 6 nitrogen and oxygen atoms in total. The van der Waals surface area contributed by atoms with Crippen LogP contribution in [0.2, 0.25) is 0 Å². The maximum atomic E-state index is 11.8. The SMILES string of the molecule is COCCNCC(=O)NCC(=O)Nc1ccc(Br)cc1C.Cl. The molecular weight excluding hydrogens is 374 g/mol. The van der Waals surface area contributed by atoms with Gasteiger partial charge in [-0.3, -0.25) is 9.59 Å². The molecule has 124 valence electrons. The first-order valence-electron chi connectivity index (χ1n) is 6.55. The Morgan fingerprint density at radius 3 is 2.59 bits per heavy atom. The van der Waals surface area contributed by atoms with Crippen LogP contribution in [0.4, 0.5) is 5.69 Å². The van der Waals surface area contributed by atoms with Crippen LogP contribution < -0.4 is 16.0 Å². The van der Waals surface area contributed by atoms with Crippen molar-refractivity contribution in [2.24, 2.45) is 0 Å². The number of methoxy groups -OCH3 is 1. The molecule has 2 amide bonds. The van der Waals surface area contributed by atoms with Crippen molar-refractivity contribution >= 4 is 45.8 Å². The Balaban J connectivity index is 0.00000441. The summed E-state index contributed by atoms with van der Waals surface area (Å²) in [5.74, 6) is -0.487. The van der Waals surface area contributed by atoms with E-state index in [2.05, 4.69) is 31.9 Å². The van der Waals surface area contributed by atoms with Gasteiger partial charge in [0.05, 0.1) is 19.7 Å². The lowest BCUT2D eigenvalue weighted by molar-refractivity contribution is -0.123. The number of ether oxygens (including phenoxy) is 1. The number of halogens is 2. The zero-order valence-corrected chi connectivity index (χ0v) is 15.0. The lowest BCUT2D eigenvalue weighted by Crippen LogP contribution is -2.39. The highest BCUT2D eigenvalue weighted by Gasteiger charge is 2.07. The van der Waals surface area contributed by atoms with E-state index in [0.717, 1.165) is 15.7 Å². The number of hydrogen-bond donors (Lipinski definition) is 3. The summed E-state index contributed by atoms with van der Waals surface area (Å²) in [6, 6.07) is 5.57. The van der Waals surface area contributed by atoms with Gasteiger partial charge < -0.3 is 20.7 Å². The molecule has 0 bridgehead atoms. The summed E-state index contributed by atoms with van der Waals surface area (Å²) in [6.45, 7) is 3.14. The number of nitrogens with one attached hydrogen (secondary N) is 3. The van der Waals surface area contributed by atoms with Gasteiger partial charge in [-0.05, 0) is 30.7 Å². The fraction of sp³-hybridized carbons (Fsp3) is 0.429. The van der Waals surface area contributed by atoms with Crippen LogP contribution in [0.3, 0.4) is 0 Å². The Hall–Kier alpha value is -1.15. The van der Waals surface area contributed by atoms with Crippen LogP contribution in [0, 0.1) is 6.92 Å². The molecule has 0 saturated carbocycles. The molecule has 0 aliphatic heterocycles. The number of rotatable bonds is 8. The molecule has 1 aromatic carbocycles. The Kier molecular flexibility index (Phi) is 10.8. The number of aryl methyl sites for hydroxylation is 1. The van der Waals surface area contributed by atoms with E-state index in [4.69, 9.17) is 4.74 Å². The molecule has 0 aromatic heterocycles. The molecule has 1 aromatic rings. The minimum absolute atomic E-state index is 0. The van der Waals surface area contributed by atoms with E-state index >= 15 is 0 Å². The summed E-state index contributed by atoms with van der Waals surface area (Å²) in [5, 5.41) is 8.20. The molecule has 0 aliphatic carbocycles. The lowest BCUT2D eigenvalue weighted by Gasteiger charge is -2.10. The summed E-state index contributed by atoms with van der Waals surface area (Å²) in [7, 11) is 1.59. The Morgan fingerprint density at radius 2 is 1.95 bits per heavy atom. The third kappa shape index (κ3) is 8.33. The summed E-state index contributed by atoms with van der Waals surface area (Å²) in [4.78, 5) is 23.2. The first-order chi connectivity index (χ1) is 10.0. The number of anilines is 1. The van der Waals surface area contributed by atoms with Crippen molar-refractivity contribution in [3.63, 3.8) is 0 Å². The number of hydrogen-bond acceptors (Lipinski definition) is 4. The molecule has 0 unspecified atom stereocenters. The van der Waals surface area contributed by atoms with Crippen molar-refractivity contribution < 1.29 is 14.3 Å². The van der Waals surface area contributed by atoms with Crippen molar-refractivity contribution in [1.29, 1.82) is 0 Å². The molecule has 0 atom stereocenters. The van der Waals surface area contributed by atoms with Crippen LogP contribution in [-0.4, -0.2) is 45.2 Å². The Morgan fingerprint density at radius 1 is 1.23 bits per heavy atom. The summed E-state index contributed by atoms with van der Waals surface area (Å²) in [6.07, 6.45) is 0. The molecular formula is C14H21BrClN3O3. The highest BCUT2D eigenvalue weighted by atomic mass is 79.9. The first-order valence-corrected chi connectivity index (χ1v) is 7.34. The second-order valence-electron chi connectivity index (χ2n) is 4.45. The molecule has 1 rings (SSSR count). The first kappa shape index (κ1) is 20.9. The Labute approximate surface area is 144 Å². The topological polar surface area (TPSA) is 79.5 Å². The van der Waals surface area contributed by atoms with Crippen molar-refractivity contribution in [2.45, 2.75) is 6.92 Å². The monoisotopic (exact) mass is 393 g/mol. The van der Waals surface area contributed by atoms with Gasteiger partial charge >= 0.3 is 0 Å². The van der Waals surface area contributed by atoms with Gasteiger partial charge in [-0.2, -0.15) is 0 Å². The molecule has 0 fully saturated rings.